The van der Waals surface area contributed by atoms with Crippen LogP contribution < -0.4 is 10.1 Å². The molecule has 0 bridgehead atoms. The van der Waals surface area contributed by atoms with Gasteiger partial charge < -0.3 is 14.8 Å². The molecule has 0 atom stereocenters. The lowest BCUT2D eigenvalue weighted by molar-refractivity contribution is 0.112. The highest BCUT2D eigenvalue weighted by Gasteiger charge is 2.00. The van der Waals surface area contributed by atoms with E-state index in [1.807, 2.05) is 18.2 Å². The van der Waals surface area contributed by atoms with E-state index in [0.717, 1.165) is 38.5 Å². The fourth-order valence-electron chi connectivity index (χ4n) is 1.72. The molecule has 0 aliphatic carbocycles. The quantitative estimate of drug-likeness (QED) is 0.684. The molecule has 0 spiro atoms. The number of para-hydroxylation sites is 1. The second kappa shape index (κ2) is 8.95. The van der Waals surface area contributed by atoms with Crippen molar-refractivity contribution < 1.29 is 9.47 Å². The van der Waals surface area contributed by atoms with E-state index in [4.69, 9.17) is 9.47 Å². The highest BCUT2D eigenvalue weighted by molar-refractivity contribution is 5.33. The van der Waals surface area contributed by atoms with Crippen LogP contribution in [0.2, 0.25) is 0 Å². The van der Waals surface area contributed by atoms with Gasteiger partial charge in [-0.05, 0) is 30.5 Å². The molecule has 3 heteroatoms. The van der Waals surface area contributed by atoms with Gasteiger partial charge in [-0.2, -0.15) is 0 Å². The van der Waals surface area contributed by atoms with Gasteiger partial charge in [0, 0.05) is 13.2 Å². The standard InChI is InChI=1S/C15H25NO2/c1-13(2)12-18-11-10-16-9-8-14-6-4-5-7-15(14)17-3/h4-7,13,16H,8-12H2,1-3H3. The number of benzene rings is 1. The summed E-state index contributed by atoms with van der Waals surface area (Å²) in [5.74, 6) is 1.58. The molecular weight excluding hydrogens is 226 g/mol. The lowest BCUT2D eigenvalue weighted by Crippen LogP contribution is -2.23. The van der Waals surface area contributed by atoms with Gasteiger partial charge in [0.15, 0.2) is 0 Å². The summed E-state index contributed by atoms with van der Waals surface area (Å²) in [6.45, 7) is 7.80. The first-order chi connectivity index (χ1) is 8.74. The SMILES string of the molecule is COc1ccccc1CCNCCOCC(C)C. The van der Waals surface area contributed by atoms with Crippen LogP contribution in [0.3, 0.4) is 0 Å². The van der Waals surface area contributed by atoms with Crippen LogP contribution >= 0.6 is 0 Å². The summed E-state index contributed by atoms with van der Waals surface area (Å²) in [6, 6.07) is 8.15. The van der Waals surface area contributed by atoms with E-state index in [0.29, 0.717) is 5.92 Å². The van der Waals surface area contributed by atoms with Gasteiger partial charge in [0.1, 0.15) is 5.75 Å². The molecule has 0 fully saturated rings. The van der Waals surface area contributed by atoms with Crippen LogP contribution in [-0.2, 0) is 11.2 Å². The van der Waals surface area contributed by atoms with E-state index >= 15 is 0 Å². The summed E-state index contributed by atoms with van der Waals surface area (Å²) < 4.78 is 10.8. The smallest absolute Gasteiger partial charge is 0.122 e. The van der Waals surface area contributed by atoms with Crippen molar-refractivity contribution in [2.45, 2.75) is 20.3 Å². The third kappa shape index (κ3) is 6.03. The number of rotatable bonds is 9. The summed E-state index contributed by atoms with van der Waals surface area (Å²) in [7, 11) is 1.71. The third-order valence-corrected chi connectivity index (χ3v) is 2.64. The normalized spacial score (nSPS) is 10.9. The molecule has 3 nitrogen and oxygen atoms in total. The van der Waals surface area contributed by atoms with Gasteiger partial charge in [-0.3, -0.25) is 0 Å². The highest BCUT2D eigenvalue weighted by atomic mass is 16.5. The van der Waals surface area contributed by atoms with Crippen LogP contribution in [0, 0.1) is 5.92 Å². The van der Waals surface area contributed by atoms with Crippen molar-refractivity contribution in [1.82, 2.24) is 5.32 Å². The van der Waals surface area contributed by atoms with Gasteiger partial charge in [0.2, 0.25) is 0 Å². The minimum atomic E-state index is 0.610. The minimum Gasteiger partial charge on any atom is -0.496 e. The number of hydrogen-bond donors (Lipinski definition) is 1. The second-order valence-electron chi connectivity index (χ2n) is 4.78. The molecule has 0 aliphatic heterocycles. The third-order valence-electron chi connectivity index (χ3n) is 2.64. The highest BCUT2D eigenvalue weighted by Crippen LogP contribution is 2.16. The van der Waals surface area contributed by atoms with Crippen molar-refractivity contribution >= 4 is 0 Å². The monoisotopic (exact) mass is 251 g/mol. The van der Waals surface area contributed by atoms with Crippen LogP contribution in [0.1, 0.15) is 19.4 Å². The van der Waals surface area contributed by atoms with Crippen molar-refractivity contribution in [2.75, 3.05) is 33.4 Å². The Morgan fingerprint density at radius 1 is 1.17 bits per heavy atom. The summed E-state index contributed by atoms with van der Waals surface area (Å²) in [6.07, 6.45) is 0.980. The zero-order chi connectivity index (χ0) is 13.2. The van der Waals surface area contributed by atoms with E-state index in [-0.39, 0.29) is 0 Å². The average Bonchev–Trinajstić information content (AvgIpc) is 2.37. The molecule has 0 aliphatic rings. The van der Waals surface area contributed by atoms with E-state index < -0.39 is 0 Å². The maximum atomic E-state index is 5.51. The first kappa shape index (κ1) is 15.0. The van der Waals surface area contributed by atoms with Gasteiger partial charge in [-0.1, -0.05) is 32.0 Å². The minimum absolute atomic E-state index is 0.610. The molecule has 102 valence electrons. The Morgan fingerprint density at radius 2 is 1.94 bits per heavy atom. The van der Waals surface area contributed by atoms with Crippen molar-refractivity contribution in [3.8, 4) is 5.75 Å². The maximum absolute atomic E-state index is 5.51. The van der Waals surface area contributed by atoms with Gasteiger partial charge in [0.25, 0.3) is 0 Å². The Labute approximate surface area is 110 Å². The summed E-state index contributed by atoms with van der Waals surface area (Å²) in [5.41, 5.74) is 1.25. The topological polar surface area (TPSA) is 30.5 Å². The number of nitrogens with one attached hydrogen (secondary N) is 1. The summed E-state index contributed by atoms with van der Waals surface area (Å²) in [4.78, 5) is 0. The first-order valence-corrected chi connectivity index (χ1v) is 6.64. The van der Waals surface area contributed by atoms with Crippen molar-refractivity contribution in [3.05, 3.63) is 29.8 Å². The van der Waals surface area contributed by atoms with E-state index in [9.17, 15) is 0 Å². The van der Waals surface area contributed by atoms with Gasteiger partial charge in [-0.15, -0.1) is 0 Å². The predicted molar refractivity (Wildman–Crippen MR) is 75.2 cm³/mol. The van der Waals surface area contributed by atoms with Crippen LogP contribution in [0.15, 0.2) is 24.3 Å². The van der Waals surface area contributed by atoms with Crippen LogP contribution in [-0.4, -0.2) is 33.4 Å². The summed E-state index contributed by atoms with van der Waals surface area (Å²) in [5, 5.41) is 3.38. The molecule has 1 N–H and O–H groups in total. The predicted octanol–water partition coefficient (Wildman–Crippen LogP) is 2.50. The molecule has 0 amide bonds. The molecule has 0 saturated heterocycles. The molecule has 1 aromatic rings. The number of hydrogen-bond acceptors (Lipinski definition) is 3. The Kier molecular flexibility index (Phi) is 7.46. The molecule has 0 heterocycles. The molecule has 0 aromatic heterocycles. The molecular formula is C15H25NO2. The van der Waals surface area contributed by atoms with Gasteiger partial charge in [0.05, 0.1) is 13.7 Å². The second-order valence-corrected chi connectivity index (χ2v) is 4.78. The first-order valence-electron chi connectivity index (χ1n) is 6.64. The molecule has 0 radical (unpaired) electrons. The fourth-order valence-corrected chi connectivity index (χ4v) is 1.72. The van der Waals surface area contributed by atoms with E-state index in [2.05, 4.69) is 25.2 Å². The summed E-state index contributed by atoms with van der Waals surface area (Å²) >= 11 is 0. The Hall–Kier alpha value is -1.06. The lowest BCUT2D eigenvalue weighted by atomic mass is 10.1. The Bertz CT molecular complexity index is 326. The van der Waals surface area contributed by atoms with Crippen LogP contribution in [0.5, 0.6) is 5.75 Å². The van der Waals surface area contributed by atoms with Crippen LogP contribution in [0.25, 0.3) is 0 Å². The van der Waals surface area contributed by atoms with Crippen molar-refractivity contribution in [3.63, 3.8) is 0 Å². The average molecular weight is 251 g/mol. The molecule has 1 rings (SSSR count). The maximum Gasteiger partial charge on any atom is 0.122 e. The zero-order valence-corrected chi connectivity index (χ0v) is 11.7. The van der Waals surface area contributed by atoms with E-state index in [1.54, 1.807) is 7.11 Å². The van der Waals surface area contributed by atoms with E-state index in [1.165, 1.54) is 5.56 Å². The van der Waals surface area contributed by atoms with Crippen molar-refractivity contribution in [2.24, 2.45) is 5.92 Å². The van der Waals surface area contributed by atoms with Gasteiger partial charge in [-0.25, -0.2) is 0 Å². The van der Waals surface area contributed by atoms with Crippen LogP contribution in [0.4, 0.5) is 0 Å². The molecule has 0 saturated carbocycles. The number of ether oxygens (including phenoxy) is 2. The Balaban J connectivity index is 2.10. The fraction of sp³-hybridized carbons (Fsp3) is 0.600. The Morgan fingerprint density at radius 3 is 2.67 bits per heavy atom. The molecule has 1 aromatic carbocycles. The largest absolute Gasteiger partial charge is 0.496 e. The molecule has 0 unspecified atom stereocenters. The molecule has 18 heavy (non-hydrogen) atoms. The lowest BCUT2D eigenvalue weighted by Gasteiger charge is -2.10. The number of methoxy groups -OCH3 is 1. The zero-order valence-electron chi connectivity index (χ0n) is 11.7. The van der Waals surface area contributed by atoms with Gasteiger partial charge >= 0.3 is 0 Å². The van der Waals surface area contributed by atoms with Crippen molar-refractivity contribution in [1.29, 1.82) is 0 Å².